The number of halogens is 2. The van der Waals surface area contributed by atoms with Crippen molar-refractivity contribution >= 4 is 33.2 Å². The molecule has 4 heteroatoms. The molecule has 0 spiro atoms. The van der Waals surface area contributed by atoms with Gasteiger partial charge in [0.25, 0.3) is 0 Å². The number of pyridine rings is 1. The first-order valence-electron chi connectivity index (χ1n) is 2.42. The largest absolute Gasteiger partial charge is 0.259 e. The lowest BCUT2D eigenvalue weighted by Gasteiger charge is -1.92. The van der Waals surface area contributed by atoms with E-state index in [0.717, 1.165) is 0 Å². The summed E-state index contributed by atoms with van der Waals surface area (Å²) in [4.78, 5) is 6.98. The zero-order chi connectivity index (χ0) is 7.56. The van der Waals surface area contributed by atoms with Crippen LogP contribution in [0.3, 0.4) is 0 Å². The Kier molecular flexibility index (Phi) is 2.25. The van der Waals surface area contributed by atoms with Gasteiger partial charge in [-0.1, -0.05) is 11.6 Å². The monoisotopic (exact) mass is 216 g/mol. The van der Waals surface area contributed by atoms with Gasteiger partial charge >= 0.3 is 0 Å². The van der Waals surface area contributed by atoms with E-state index >= 15 is 0 Å². The second-order valence-electron chi connectivity index (χ2n) is 1.58. The highest BCUT2D eigenvalue weighted by Gasteiger charge is 1.97. The van der Waals surface area contributed by atoms with Crippen molar-refractivity contribution in [1.29, 1.82) is 0 Å². The van der Waals surface area contributed by atoms with Gasteiger partial charge in [0, 0.05) is 6.20 Å². The highest BCUT2D eigenvalue weighted by atomic mass is 79.9. The van der Waals surface area contributed by atoms with Crippen LogP contribution in [-0.4, -0.2) is 4.98 Å². The molecule has 1 heterocycles. The van der Waals surface area contributed by atoms with E-state index in [0.29, 0.717) is 15.3 Å². The number of nitrogens with zero attached hydrogens (tertiary/aromatic N) is 2. The Morgan fingerprint density at radius 3 is 2.90 bits per heavy atom. The Bertz CT molecular complexity index is 292. The van der Waals surface area contributed by atoms with Gasteiger partial charge in [0.2, 0.25) is 5.69 Å². The second-order valence-corrected chi connectivity index (χ2v) is 2.74. The molecule has 0 amide bonds. The minimum atomic E-state index is 0.452. The molecule has 0 radical (unpaired) electrons. The van der Waals surface area contributed by atoms with Crippen LogP contribution in [0.25, 0.3) is 4.85 Å². The summed E-state index contributed by atoms with van der Waals surface area (Å²) in [7, 11) is 0. The Hall–Kier alpha value is -0.590. The van der Waals surface area contributed by atoms with E-state index in [9.17, 15) is 0 Å². The highest BCUT2D eigenvalue weighted by molar-refractivity contribution is 9.10. The van der Waals surface area contributed by atoms with Gasteiger partial charge in [-0.3, -0.25) is 4.98 Å². The molecule has 0 aliphatic rings. The maximum absolute atomic E-state index is 6.62. The van der Waals surface area contributed by atoms with Gasteiger partial charge < -0.3 is 0 Å². The van der Waals surface area contributed by atoms with Crippen molar-refractivity contribution in [1.82, 2.24) is 4.98 Å². The van der Waals surface area contributed by atoms with Gasteiger partial charge in [-0.15, -0.1) is 0 Å². The zero-order valence-electron chi connectivity index (χ0n) is 4.81. The highest BCUT2D eigenvalue weighted by Crippen LogP contribution is 2.23. The van der Waals surface area contributed by atoms with Gasteiger partial charge in [-0.05, 0) is 22.0 Å². The van der Waals surface area contributed by atoms with E-state index in [4.69, 9.17) is 18.2 Å². The summed E-state index contributed by atoms with van der Waals surface area (Å²) in [6, 6.07) is 1.56. The summed E-state index contributed by atoms with van der Waals surface area (Å²) in [5.74, 6) is 0. The Morgan fingerprint density at radius 1 is 1.70 bits per heavy atom. The SMILES string of the molecule is [C-]#[N+]c1cnc(Br)c(Cl)c1. The Balaban J connectivity index is 3.20. The molecule has 0 saturated heterocycles. The van der Waals surface area contributed by atoms with Crippen molar-refractivity contribution in [3.8, 4) is 0 Å². The maximum atomic E-state index is 6.62. The van der Waals surface area contributed by atoms with Crippen molar-refractivity contribution in [3.05, 3.63) is 33.3 Å². The van der Waals surface area contributed by atoms with Crippen LogP contribution < -0.4 is 0 Å². The first-order chi connectivity index (χ1) is 4.74. The van der Waals surface area contributed by atoms with Crippen LogP contribution in [0.2, 0.25) is 5.02 Å². The predicted molar refractivity (Wildman–Crippen MR) is 43.2 cm³/mol. The van der Waals surface area contributed by atoms with Crippen molar-refractivity contribution < 1.29 is 0 Å². The van der Waals surface area contributed by atoms with Crippen LogP contribution in [0.15, 0.2) is 16.9 Å². The summed E-state index contributed by atoms with van der Waals surface area (Å²) in [5, 5.41) is 0.466. The summed E-state index contributed by atoms with van der Waals surface area (Å²) in [6.45, 7) is 6.62. The Labute approximate surface area is 71.8 Å². The van der Waals surface area contributed by atoms with Crippen LogP contribution >= 0.6 is 27.5 Å². The van der Waals surface area contributed by atoms with E-state index in [-0.39, 0.29) is 0 Å². The third kappa shape index (κ3) is 1.47. The molecule has 0 unspecified atom stereocenters. The number of aromatic nitrogens is 1. The van der Waals surface area contributed by atoms with E-state index < -0.39 is 0 Å². The quantitative estimate of drug-likeness (QED) is 0.482. The van der Waals surface area contributed by atoms with Crippen LogP contribution in [0.4, 0.5) is 5.69 Å². The lowest BCUT2D eigenvalue weighted by molar-refractivity contribution is 1.29. The normalized spacial score (nSPS) is 8.90. The van der Waals surface area contributed by atoms with Crippen LogP contribution in [0, 0.1) is 6.57 Å². The van der Waals surface area contributed by atoms with E-state index in [2.05, 4.69) is 25.8 Å². The molecule has 0 aromatic carbocycles. The van der Waals surface area contributed by atoms with Crippen LogP contribution in [0.1, 0.15) is 0 Å². The summed E-state index contributed by atoms with van der Waals surface area (Å²) < 4.78 is 0.571. The molecule has 1 aromatic rings. The first kappa shape index (κ1) is 7.52. The molecule has 0 aliphatic heterocycles. The molecule has 0 saturated carbocycles. The van der Waals surface area contributed by atoms with E-state index in [1.54, 1.807) is 6.07 Å². The summed E-state index contributed by atoms with van der Waals surface area (Å²) in [6.07, 6.45) is 1.46. The Morgan fingerprint density at radius 2 is 2.40 bits per heavy atom. The molecule has 0 fully saturated rings. The predicted octanol–water partition coefficient (Wildman–Crippen LogP) is 3.05. The van der Waals surface area contributed by atoms with Crippen molar-refractivity contribution in [2.24, 2.45) is 0 Å². The summed E-state index contributed by atoms with van der Waals surface area (Å²) >= 11 is 8.75. The molecular formula is C6H2BrClN2. The molecule has 10 heavy (non-hydrogen) atoms. The van der Waals surface area contributed by atoms with Gasteiger partial charge in [0.15, 0.2) is 0 Å². The molecule has 0 aliphatic carbocycles. The fourth-order valence-corrected chi connectivity index (χ4v) is 0.850. The third-order valence-corrected chi connectivity index (χ3v) is 2.06. The molecule has 2 nitrogen and oxygen atoms in total. The van der Waals surface area contributed by atoms with Gasteiger partial charge in [0.1, 0.15) is 4.60 Å². The number of rotatable bonds is 0. The van der Waals surface area contributed by atoms with E-state index in [1.165, 1.54) is 6.20 Å². The van der Waals surface area contributed by atoms with Gasteiger partial charge in [-0.25, -0.2) is 4.85 Å². The molecule has 50 valence electrons. The molecule has 0 atom stereocenters. The minimum Gasteiger partial charge on any atom is -0.259 e. The van der Waals surface area contributed by atoms with Crippen molar-refractivity contribution in [3.63, 3.8) is 0 Å². The van der Waals surface area contributed by atoms with Gasteiger partial charge in [-0.2, -0.15) is 0 Å². The fraction of sp³-hybridized carbons (Fsp3) is 0. The van der Waals surface area contributed by atoms with Crippen LogP contribution in [-0.2, 0) is 0 Å². The number of hydrogen-bond donors (Lipinski definition) is 0. The van der Waals surface area contributed by atoms with Gasteiger partial charge in [0.05, 0.1) is 11.6 Å². The molecule has 1 aromatic heterocycles. The molecular weight excluding hydrogens is 215 g/mol. The molecule has 0 N–H and O–H groups in total. The molecule has 1 rings (SSSR count). The van der Waals surface area contributed by atoms with Crippen molar-refractivity contribution in [2.45, 2.75) is 0 Å². The maximum Gasteiger partial charge on any atom is 0.206 e. The third-order valence-electron chi connectivity index (χ3n) is 0.911. The molecule has 0 bridgehead atoms. The fourth-order valence-electron chi connectivity index (χ4n) is 0.472. The van der Waals surface area contributed by atoms with Crippen molar-refractivity contribution in [2.75, 3.05) is 0 Å². The van der Waals surface area contributed by atoms with Crippen LogP contribution in [0.5, 0.6) is 0 Å². The number of hydrogen-bond acceptors (Lipinski definition) is 1. The smallest absolute Gasteiger partial charge is 0.206 e. The topological polar surface area (TPSA) is 17.2 Å². The van der Waals surface area contributed by atoms with E-state index in [1.807, 2.05) is 0 Å². The lowest BCUT2D eigenvalue weighted by Crippen LogP contribution is -1.73. The minimum absolute atomic E-state index is 0.452. The summed E-state index contributed by atoms with van der Waals surface area (Å²) in [5.41, 5.74) is 0.452. The second kappa shape index (κ2) is 3.00. The average Bonchev–Trinajstić information content (AvgIpc) is 1.95. The average molecular weight is 217 g/mol. The standard InChI is InChI=1S/C6H2BrClN2/c1-9-4-2-5(8)6(7)10-3-4/h2-3H. The lowest BCUT2D eigenvalue weighted by atomic mass is 10.4. The first-order valence-corrected chi connectivity index (χ1v) is 3.59. The zero-order valence-corrected chi connectivity index (χ0v) is 7.15.